The maximum absolute atomic E-state index is 5.33. The minimum Gasteiger partial charge on any atom is -0.404 e. The number of benzene rings is 1. The molecular weight excluding hydrogens is 314 g/mol. The van der Waals surface area contributed by atoms with E-state index in [9.17, 15) is 0 Å². The van der Waals surface area contributed by atoms with Crippen molar-refractivity contribution in [2.75, 3.05) is 5.73 Å². The van der Waals surface area contributed by atoms with Gasteiger partial charge in [0.15, 0.2) is 0 Å². The van der Waals surface area contributed by atoms with E-state index < -0.39 is 0 Å². The molecule has 2 aromatic rings. The van der Waals surface area contributed by atoms with Crippen LogP contribution in [0.1, 0.15) is 0 Å². The third kappa shape index (κ3) is 1.96. The van der Waals surface area contributed by atoms with Crippen molar-refractivity contribution in [3.63, 3.8) is 0 Å². The fourth-order valence-electron chi connectivity index (χ4n) is 1.03. The molecule has 0 radical (unpaired) electrons. The number of halogens is 2. The van der Waals surface area contributed by atoms with Crippen LogP contribution in [0.2, 0.25) is 0 Å². The second kappa shape index (κ2) is 3.70. The van der Waals surface area contributed by atoms with Crippen molar-refractivity contribution in [3.8, 4) is 11.5 Å². The zero-order valence-electron chi connectivity index (χ0n) is 6.87. The van der Waals surface area contributed by atoms with Gasteiger partial charge in [0.05, 0.1) is 0 Å². The van der Waals surface area contributed by atoms with Crippen molar-refractivity contribution >= 4 is 37.9 Å². The summed E-state index contributed by atoms with van der Waals surface area (Å²) in [6, 6.07) is 5.73. The van der Waals surface area contributed by atoms with Crippen molar-refractivity contribution < 1.29 is 4.42 Å². The standard InChI is InChI=1S/C8H5Br2N3O/c9-5-1-4(2-6(10)3-5)7-12-13-8(11)14-7/h1-3H,(H2,11,13). The van der Waals surface area contributed by atoms with Crippen molar-refractivity contribution in [3.05, 3.63) is 27.1 Å². The Labute approximate surface area is 96.8 Å². The molecular formula is C8H5Br2N3O. The molecule has 0 saturated carbocycles. The molecule has 0 aliphatic rings. The molecule has 1 heterocycles. The van der Waals surface area contributed by atoms with Crippen molar-refractivity contribution in [2.24, 2.45) is 0 Å². The Morgan fingerprint density at radius 2 is 1.71 bits per heavy atom. The molecule has 0 bridgehead atoms. The summed E-state index contributed by atoms with van der Waals surface area (Å²) in [7, 11) is 0. The van der Waals surface area contributed by atoms with Gasteiger partial charge in [-0.15, -0.1) is 5.10 Å². The summed E-state index contributed by atoms with van der Waals surface area (Å²) >= 11 is 6.73. The van der Waals surface area contributed by atoms with Crippen LogP contribution in [0.5, 0.6) is 0 Å². The number of aromatic nitrogens is 2. The van der Waals surface area contributed by atoms with E-state index in [2.05, 4.69) is 42.1 Å². The van der Waals surface area contributed by atoms with E-state index in [4.69, 9.17) is 10.2 Å². The van der Waals surface area contributed by atoms with Gasteiger partial charge in [0.1, 0.15) is 0 Å². The monoisotopic (exact) mass is 317 g/mol. The quantitative estimate of drug-likeness (QED) is 0.878. The predicted molar refractivity (Wildman–Crippen MR) is 59.5 cm³/mol. The Morgan fingerprint density at radius 3 is 2.21 bits per heavy atom. The predicted octanol–water partition coefficient (Wildman–Crippen LogP) is 2.84. The van der Waals surface area contributed by atoms with Crippen molar-refractivity contribution in [1.29, 1.82) is 0 Å². The second-order valence-corrected chi connectivity index (χ2v) is 4.43. The molecule has 1 aromatic heterocycles. The molecule has 0 amide bonds. The number of hydrogen-bond donors (Lipinski definition) is 1. The second-order valence-electron chi connectivity index (χ2n) is 2.60. The highest BCUT2D eigenvalue weighted by molar-refractivity contribution is 9.11. The first-order chi connectivity index (χ1) is 6.65. The highest BCUT2D eigenvalue weighted by Crippen LogP contribution is 2.26. The average Bonchev–Trinajstić information content (AvgIpc) is 2.50. The van der Waals surface area contributed by atoms with Crippen LogP contribution in [0.3, 0.4) is 0 Å². The van der Waals surface area contributed by atoms with Crippen LogP contribution in [-0.2, 0) is 0 Å². The van der Waals surface area contributed by atoms with E-state index in [1.54, 1.807) is 0 Å². The molecule has 6 heteroatoms. The van der Waals surface area contributed by atoms with Crippen LogP contribution >= 0.6 is 31.9 Å². The number of hydrogen-bond acceptors (Lipinski definition) is 4. The molecule has 0 aliphatic heterocycles. The van der Waals surface area contributed by atoms with E-state index in [0.29, 0.717) is 5.89 Å². The Kier molecular flexibility index (Phi) is 2.56. The SMILES string of the molecule is Nc1nnc(-c2cc(Br)cc(Br)c2)o1. The third-order valence-corrected chi connectivity index (χ3v) is 2.47. The van der Waals surface area contributed by atoms with Gasteiger partial charge in [-0.25, -0.2) is 0 Å². The van der Waals surface area contributed by atoms with Gasteiger partial charge < -0.3 is 10.2 Å². The lowest BCUT2D eigenvalue weighted by atomic mass is 10.2. The van der Waals surface area contributed by atoms with Gasteiger partial charge in [-0.05, 0) is 18.2 Å². The Balaban J connectivity index is 2.51. The molecule has 0 atom stereocenters. The highest BCUT2D eigenvalue weighted by atomic mass is 79.9. The smallest absolute Gasteiger partial charge is 0.313 e. The maximum atomic E-state index is 5.33. The number of nitrogens with zero attached hydrogens (tertiary/aromatic N) is 2. The molecule has 0 saturated heterocycles. The summed E-state index contributed by atoms with van der Waals surface area (Å²) in [5.41, 5.74) is 6.14. The lowest BCUT2D eigenvalue weighted by molar-refractivity contribution is 0.590. The fraction of sp³-hybridized carbons (Fsp3) is 0. The van der Waals surface area contributed by atoms with Crippen LogP contribution in [0, 0.1) is 0 Å². The van der Waals surface area contributed by atoms with Gasteiger partial charge >= 0.3 is 6.01 Å². The van der Waals surface area contributed by atoms with E-state index >= 15 is 0 Å². The first-order valence-electron chi connectivity index (χ1n) is 3.70. The minimum atomic E-state index is 0.0658. The van der Waals surface area contributed by atoms with Crippen LogP contribution < -0.4 is 5.73 Å². The zero-order valence-corrected chi connectivity index (χ0v) is 10.0. The van der Waals surface area contributed by atoms with Crippen molar-refractivity contribution in [1.82, 2.24) is 10.2 Å². The van der Waals surface area contributed by atoms with Gasteiger partial charge in [-0.1, -0.05) is 37.0 Å². The Hall–Kier alpha value is -0.880. The molecule has 2 N–H and O–H groups in total. The first-order valence-corrected chi connectivity index (χ1v) is 5.29. The summed E-state index contributed by atoms with van der Waals surface area (Å²) in [6.45, 7) is 0. The normalized spacial score (nSPS) is 10.4. The van der Waals surface area contributed by atoms with Gasteiger partial charge in [0, 0.05) is 14.5 Å². The zero-order chi connectivity index (χ0) is 10.1. The first kappa shape index (κ1) is 9.67. The highest BCUT2D eigenvalue weighted by Gasteiger charge is 2.07. The summed E-state index contributed by atoms with van der Waals surface area (Å²) < 4.78 is 6.95. The summed E-state index contributed by atoms with van der Waals surface area (Å²) in [6.07, 6.45) is 0. The molecule has 1 aromatic carbocycles. The fourth-order valence-corrected chi connectivity index (χ4v) is 2.32. The van der Waals surface area contributed by atoms with Gasteiger partial charge in [0.25, 0.3) is 0 Å². The molecule has 0 unspecified atom stereocenters. The molecule has 2 rings (SSSR count). The maximum Gasteiger partial charge on any atom is 0.313 e. The molecule has 72 valence electrons. The van der Waals surface area contributed by atoms with Gasteiger partial charge in [-0.2, -0.15) is 0 Å². The van der Waals surface area contributed by atoms with Crippen LogP contribution in [0.15, 0.2) is 31.6 Å². The number of anilines is 1. The Morgan fingerprint density at radius 1 is 1.07 bits per heavy atom. The lowest BCUT2D eigenvalue weighted by Crippen LogP contribution is -1.81. The topological polar surface area (TPSA) is 64.9 Å². The van der Waals surface area contributed by atoms with Gasteiger partial charge in [0.2, 0.25) is 5.89 Å². The van der Waals surface area contributed by atoms with E-state index in [0.717, 1.165) is 14.5 Å². The molecule has 4 nitrogen and oxygen atoms in total. The molecule has 0 spiro atoms. The van der Waals surface area contributed by atoms with Crippen molar-refractivity contribution in [2.45, 2.75) is 0 Å². The largest absolute Gasteiger partial charge is 0.404 e. The average molecular weight is 319 g/mol. The van der Waals surface area contributed by atoms with Gasteiger partial charge in [-0.3, -0.25) is 0 Å². The molecule has 14 heavy (non-hydrogen) atoms. The van der Waals surface area contributed by atoms with E-state index in [1.807, 2.05) is 18.2 Å². The molecule has 0 fully saturated rings. The molecule has 0 aliphatic carbocycles. The minimum absolute atomic E-state index is 0.0658. The van der Waals surface area contributed by atoms with E-state index in [1.165, 1.54) is 0 Å². The van der Waals surface area contributed by atoms with Crippen LogP contribution in [-0.4, -0.2) is 10.2 Å². The third-order valence-electron chi connectivity index (χ3n) is 1.55. The number of nitrogen functional groups attached to an aromatic ring is 1. The lowest BCUT2D eigenvalue weighted by Gasteiger charge is -1.97. The Bertz CT molecular complexity index is 449. The summed E-state index contributed by atoms with van der Waals surface area (Å²) in [4.78, 5) is 0. The van der Waals surface area contributed by atoms with Crippen LogP contribution in [0.4, 0.5) is 6.01 Å². The summed E-state index contributed by atoms with van der Waals surface area (Å²) in [5.74, 6) is 0.407. The summed E-state index contributed by atoms with van der Waals surface area (Å²) in [5, 5.41) is 7.37. The van der Waals surface area contributed by atoms with E-state index in [-0.39, 0.29) is 6.01 Å². The van der Waals surface area contributed by atoms with Crippen LogP contribution in [0.25, 0.3) is 11.5 Å². The number of nitrogens with two attached hydrogens (primary N) is 1. The number of rotatable bonds is 1.